The number of aliphatic hydroxyl groups is 5. The van der Waals surface area contributed by atoms with Gasteiger partial charge in [0, 0.05) is 36.6 Å². The maximum Gasteiger partial charge on any atom is 0.405 e. The quantitative estimate of drug-likeness (QED) is 0.0596. The molecule has 0 spiro atoms. The number of hydrogen-bond donors (Lipinski definition) is 9. The molecule has 0 amide bonds. The third kappa shape index (κ3) is 8.22. The molecule has 0 saturated heterocycles. The summed E-state index contributed by atoms with van der Waals surface area (Å²) in [6.45, 7) is 0.408. The lowest BCUT2D eigenvalue weighted by Crippen LogP contribution is -2.44. The summed E-state index contributed by atoms with van der Waals surface area (Å²) in [6, 6.07) is 2.10. The molecule has 5 saturated carbocycles. The van der Waals surface area contributed by atoms with Gasteiger partial charge in [0.05, 0.1) is 74.2 Å². The molecule has 0 aromatic carbocycles. The van der Waals surface area contributed by atoms with Crippen molar-refractivity contribution in [2.24, 2.45) is 11.8 Å². The Balaban J connectivity index is 0.863. The molecule has 11 rings (SSSR count). The van der Waals surface area contributed by atoms with Gasteiger partial charge in [0.2, 0.25) is 11.9 Å². The molecule has 10 atom stereocenters. The van der Waals surface area contributed by atoms with E-state index in [1.807, 2.05) is 6.07 Å². The van der Waals surface area contributed by atoms with Crippen LogP contribution in [0.25, 0.3) is 41.6 Å². The molecule has 9 N–H and O–H groups in total. The molecule has 6 heterocycles. The number of alkyl halides is 6. The largest absolute Gasteiger partial charge is 0.405 e. The highest BCUT2D eigenvalue weighted by Gasteiger charge is 2.75. The Morgan fingerprint density at radius 3 is 1.77 bits per heavy atom. The van der Waals surface area contributed by atoms with E-state index in [0.717, 1.165) is 35.2 Å². The van der Waals surface area contributed by atoms with Gasteiger partial charge in [0.15, 0.2) is 0 Å². The van der Waals surface area contributed by atoms with Gasteiger partial charge in [0.1, 0.15) is 69.2 Å². The fraction of sp³-hybridized carbons (Fsp3) is 0.545. The Bertz CT molecular complexity index is 3020. The van der Waals surface area contributed by atoms with E-state index in [1.165, 1.54) is 22.7 Å². The van der Waals surface area contributed by atoms with Crippen molar-refractivity contribution in [3.63, 3.8) is 0 Å². The van der Waals surface area contributed by atoms with Crippen molar-refractivity contribution in [1.82, 2.24) is 39.9 Å². The van der Waals surface area contributed by atoms with Crippen LogP contribution in [0.4, 0.5) is 49.9 Å². The van der Waals surface area contributed by atoms with Crippen LogP contribution in [-0.4, -0.2) is 145 Å². The van der Waals surface area contributed by atoms with Gasteiger partial charge in [-0.25, -0.2) is 19.9 Å². The number of nitrogens with one attached hydrogen (secondary N) is 4. The number of anilines is 4. The standard InChI is InChI=1S/C44H46F6N12O6S2/c1-16-26(35(61-39(55-16)53-14-41(45,46)47)57-22-12-19-31(63)43(19,66)33(22)65)37-59-29-21(51-9-6-24(29)69-37)8-11-68-34-23(13-20-32(64)44(20,34)67)58-36-27(17(2)56-40(62-36)54-15-42(48,49)50)38-60-30-25(70-38)7-10-52-28(30)18-4-3-5-18/h6-7,9-10,18-20,22-23,31-34,63-67H,3-5,8,11-15H2,1-2H3,(H2,53,55,57,61)(H2,54,56,58,62). The molecule has 5 aliphatic rings. The van der Waals surface area contributed by atoms with Crippen molar-refractivity contribution >= 4 is 66.6 Å². The number of ether oxygens (including phenoxy) is 1. The predicted molar refractivity (Wildman–Crippen MR) is 244 cm³/mol. The van der Waals surface area contributed by atoms with Crippen LogP contribution in [0.3, 0.4) is 0 Å². The number of fused-ring (bicyclic) bond motifs is 4. The molecule has 18 nitrogen and oxygen atoms in total. The van der Waals surface area contributed by atoms with E-state index in [0.29, 0.717) is 42.7 Å². The maximum atomic E-state index is 13.4. The first-order valence-corrected chi connectivity index (χ1v) is 24.4. The number of aliphatic hydroxyl groups excluding tert-OH is 3. The lowest BCUT2D eigenvalue weighted by Gasteiger charge is -2.29. The maximum absolute atomic E-state index is 13.4. The molecule has 5 fully saturated rings. The number of hydrogen-bond acceptors (Lipinski definition) is 20. The molecule has 10 unspecified atom stereocenters. The van der Waals surface area contributed by atoms with E-state index < -0.39 is 85.0 Å². The van der Waals surface area contributed by atoms with Crippen molar-refractivity contribution in [2.45, 2.75) is 118 Å². The summed E-state index contributed by atoms with van der Waals surface area (Å²) in [4.78, 5) is 36.6. The average Bonchev–Trinajstić information content (AvgIpc) is 3.66. The van der Waals surface area contributed by atoms with Crippen LogP contribution in [0.2, 0.25) is 0 Å². The Morgan fingerprint density at radius 2 is 1.21 bits per heavy atom. The number of aryl methyl sites for hydroxylation is 2. The van der Waals surface area contributed by atoms with Crippen molar-refractivity contribution in [3.05, 3.63) is 47.3 Å². The second kappa shape index (κ2) is 17.0. The predicted octanol–water partition coefficient (Wildman–Crippen LogP) is 5.24. The van der Waals surface area contributed by atoms with Crippen molar-refractivity contribution < 1.29 is 56.6 Å². The molecule has 5 aliphatic carbocycles. The van der Waals surface area contributed by atoms with Gasteiger partial charge >= 0.3 is 12.4 Å². The van der Waals surface area contributed by atoms with Gasteiger partial charge in [-0.2, -0.15) is 36.3 Å². The first-order chi connectivity index (χ1) is 33.2. The molecule has 372 valence electrons. The van der Waals surface area contributed by atoms with E-state index in [2.05, 4.69) is 51.2 Å². The number of pyridine rings is 2. The van der Waals surface area contributed by atoms with Crippen LogP contribution < -0.4 is 21.3 Å². The number of aromatic nitrogens is 8. The first-order valence-electron chi connectivity index (χ1n) is 22.7. The molecule has 0 bridgehead atoms. The Labute approximate surface area is 401 Å². The van der Waals surface area contributed by atoms with Crippen LogP contribution >= 0.6 is 22.7 Å². The van der Waals surface area contributed by atoms with E-state index in [9.17, 15) is 51.9 Å². The molecule has 6 aromatic rings. The summed E-state index contributed by atoms with van der Waals surface area (Å²) in [5.74, 6) is -1.28. The van der Waals surface area contributed by atoms with Crippen LogP contribution in [0.15, 0.2) is 24.5 Å². The molecule has 70 heavy (non-hydrogen) atoms. The Kier molecular flexibility index (Phi) is 11.4. The molecule has 26 heteroatoms. The zero-order chi connectivity index (χ0) is 49.2. The fourth-order valence-corrected chi connectivity index (χ4v) is 12.6. The Morgan fingerprint density at radius 1 is 0.686 bits per heavy atom. The third-order valence-corrected chi connectivity index (χ3v) is 16.4. The number of halogens is 6. The first kappa shape index (κ1) is 47.1. The summed E-state index contributed by atoms with van der Waals surface area (Å²) in [7, 11) is 0. The van der Waals surface area contributed by atoms with Crippen LogP contribution in [0.5, 0.6) is 0 Å². The molecular formula is C44H46F6N12O6S2. The minimum Gasteiger partial charge on any atom is -0.390 e. The second-order valence-corrected chi connectivity index (χ2v) is 20.9. The molecule has 0 radical (unpaired) electrons. The van der Waals surface area contributed by atoms with Crippen LogP contribution in [-0.2, 0) is 11.2 Å². The summed E-state index contributed by atoms with van der Waals surface area (Å²) in [5, 5.41) is 66.3. The molecule has 6 aromatic heterocycles. The number of thiazole rings is 2. The zero-order valence-corrected chi connectivity index (χ0v) is 38.8. The van der Waals surface area contributed by atoms with E-state index in [4.69, 9.17) is 14.7 Å². The fourth-order valence-electron chi connectivity index (χ4n) is 10.4. The topological polar surface area (TPSA) is 262 Å². The third-order valence-electron chi connectivity index (χ3n) is 14.4. The summed E-state index contributed by atoms with van der Waals surface area (Å²) < 4.78 is 87.8. The van der Waals surface area contributed by atoms with E-state index in [1.54, 1.807) is 32.3 Å². The highest BCUT2D eigenvalue weighted by atomic mass is 32.1. The highest BCUT2D eigenvalue weighted by Crippen LogP contribution is 2.58. The minimum absolute atomic E-state index is 0.0313. The normalized spacial score (nSPS) is 29.3. The highest BCUT2D eigenvalue weighted by molar-refractivity contribution is 7.22. The van der Waals surface area contributed by atoms with Gasteiger partial charge in [-0.3, -0.25) is 9.97 Å². The lowest BCUT2D eigenvalue weighted by molar-refractivity contribution is -0.116. The van der Waals surface area contributed by atoms with Gasteiger partial charge in [-0.15, -0.1) is 22.7 Å². The number of nitrogens with zero attached hydrogens (tertiary/aromatic N) is 8. The average molecular weight is 1020 g/mol. The van der Waals surface area contributed by atoms with Gasteiger partial charge in [0.25, 0.3) is 0 Å². The van der Waals surface area contributed by atoms with E-state index in [-0.39, 0.29) is 61.0 Å². The van der Waals surface area contributed by atoms with Gasteiger partial charge < -0.3 is 51.5 Å². The monoisotopic (exact) mass is 1020 g/mol. The summed E-state index contributed by atoms with van der Waals surface area (Å²) in [6.07, 6.45) is -6.80. The smallest absolute Gasteiger partial charge is 0.390 e. The summed E-state index contributed by atoms with van der Waals surface area (Å²) >= 11 is 2.61. The van der Waals surface area contributed by atoms with Crippen molar-refractivity contribution in [1.29, 1.82) is 0 Å². The Hall–Kier alpha value is -5.22. The van der Waals surface area contributed by atoms with Crippen LogP contribution in [0, 0.1) is 25.7 Å². The van der Waals surface area contributed by atoms with E-state index >= 15 is 0 Å². The van der Waals surface area contributed by atoms with Gasteiger partial charge in [-0.1, -0.05) is 6.42 Å². The zero-order valence-electron chi connectivity index (χ0n) is 37.2. The van der Waals surface area contributed by atoms with Crippen molar-refractivity contribution in [2.75, 3.05) is 41.0 Å². The summed E-state index contributed by atoms with van der Waals surface area (Å²) in [5.41, 5.74) is 0.614. The van der Waals surface area contributed by atoms with Crippen LogP contribution in [0.1, 0.15) is 60.8 Å². The lowest BCUT2D eigenvalue weighted by atomic mass is 9.82. The second-order valence-electron chi connectivity index (χ2n) is 18.8. The molecular weight excluding hydrogens is 971 g/mol. The minimum atomic E-state index is -4.57. The van der Waals surface area contributed by atoms with Gasteiger partial charge in [-0.05, 0) is 51.7 Å². The number of rotatable bonds is 15. The van der Waals surface area contributed by atoms with Crippen molar-refractivity contribution in [3.8, 4) is 21.1 Å². The molecule has 0 aliphatic heterocycles. The SMILES string of the molecule is Cc1nc(NCC(F)(F)F)nc(NC2CC3C(O)C3(O)C2O)c1-c1nc2c(CCOC3C(Nc4nc(NCC(F)(F)F)nc(C)c4-c4nc5c(C6CCC6)nccc5s4)CC4C(O)C43O)nccc2s1.